The van der Waals surface area contributed by atoms with E-state index in [4.69, 9.17) is 14.2 Å². The molecule has 0 saturated carbocycles. The Morgan fingerprint density at radius 3 is 1.88 bits per heavy atom. The number of nitrogens with zero attached hydrogens (tertiary/aromatic N) is 2. The molecule has 0 atom stereocenters. The zero-order chi connectivity index (χ0) is 12.8. The fourth-order valence-corrected chi connectivity index (χ4v) is 1.32. The Kier molecular flexibility index (Phi) is 4.63. The van der Waals surface area contributed by atoms with Crippen LogP contribution in [0.1, 0.15) is 0 Å². The fraction of sp³-hybridized carbons (Fsp3) is 0.417. The molecule has 0 aromatic heterocycles. The van der Waals surface area contributed by atoms with Crippen molar-refractivity contribution in [1.82, 2.24) is 4.90 Å². The van der Waals surface area contributed by atoms with Gasteiger partial charge in [-0.25, -0.2) is 4.99 Å². The van der Waals surface area contributed by atoms with Crippen molar-refractivity contribution in [2.45, 2.75) is 0 Å². The molecule has 0 aliphatic carbocycles. The quantitative estimate of drug-likeness (QED) is 0.580. The second-order valence-corrected chi connectivity index (χ2v) is 3.59. The highest BCUT2D eigenvalue weighted by atomic mass is 16.5. The highest BCUT2D eigenvalue weighted by Crippen LogP contribution is 2.40. The smallest absolute Gasteiger partial charge is 0.203 e. The van der Waals surface area contributed by atoms with Crippen molar-refractivity contribution in [2.75, 3.05) is 35.4 Å². The number of rotatable bonds is 5. The maximum absolute atomic E-state index is 5.23. The monoisotopic (exact) mass is 238 g/mol. The van der Waals surface area contributed by atoms with Gasteiger partial charge >= 0.3 is 0 Å². The Hall–Kier alpha value is -1.91. The number of ether oxygens (including phenoxy) is 3. The van der Waals surface area contributed by atoms with Crippen LogP contribution in [0, 0.1) is 0 Å². The average Bonchev–Trinajstić information content (AvgIpc) is 2.34. The molecule has 0 aliphatic heterocycles. The number of hydrogen-bond donors (Lipinski definition) is 0. The van der Waals surface area contributed by atoms with E-state index in [1.54, 1.807) is 39.8 Å². The van der Waals surface area contributed by atoms with E-state index in [2.05, 4.69) is 4.99 Å². The lowest BCUT2D eigenvalue weighted by atomic mass is 10.2. The van der Waals surface area contributed by atoms with E-state index in [-0.39, 0.29) is 0 Å². The van der Waals surface area contributed by atoms with Crippen LogP contribution >= 0.6 is 0 Å². The number of aliphatic imine (C=N–C) groups is 1. The zero-order valence-electron chi connectivity index (χ0n) is 10.9. The van der Waals surface area contributed by atoms with E-state index in [0.29, 0.717) is 17.2 Å². The van der Waals surface area contributed by atoms with Crippen molar-refractivity contribution in [2.24, 2.45) is 4.99 Å². The van der Waals surface area contributed by atoms with Gasteiger partial charge in [-0.2, -0.15) is 0 Å². The summed E-state index contributed by atoms with van der Waals surface area (Å²) in [5.74, 6) is 1.76. The third-order valence-corrected chi connectivity index (χ3v) is 2.09. The van der Waals surface area contributed by atoms with Gasteiger partial charge < -0.3 is 19.1 Å². The Balaban J connectivity index is 3.17. The largest absolute Gasteiger partial charge is 0.493 e. The Bertz CT molecular complexity index is 378. The van der Waals surface area contributed by atoms with Crippen molar-refractivity contribution in [3.05, 3.63) is 12.1 Å². The maximum atomic E-state index is 5.23. The van der Waals surface area contributed by atoms with E-state index in [0.717, 1.165) is 5.69 Å². The SMILES string of the molecule is COc1cc(N=CN(C)C)cc(OC)c1OC. The predicted molar refractivity (Wildman–Crippen MR) is 67.9 cm³/mol. The summed E-state index contributed by atoms with van der Waals surface area (Å²) in [6, 6.07) is 3.59. The van der Waals surface area contributed by atoms with E-state index in [1.807, 2.05) is 19.0 Å². The first-order valence-electron chi connectivity index (χ1n) is 5.13. The summed E-state index contributed by atoms with van der Waals surface area (Å²) in [5.41, 5.74) is 0.744. The molecule has 0 unspecified atom stereocenters. The van der Waals surface area contributed by atoms with Crippen LogP contribution in [-0.4, -0.2) is 46.7 Å². The van der Waals surface area contributed by atoms with Gasteiger partial charge in [0.05, 0.1) is 33.4 Å². The summed E-state index contributed by atoms with van der Waals surface area (Å²) in [7, 11) is 8.54. The third-order valence-electron chi connectivity index (χ3n) is 2.09. The molecule has 0 spiro atoms. The van der Waals surface area contributed by atoms with Crippen LogP contribution in [0.5, 0.6) is 17.2 Å². The molecule has 1 aromatic carbocycles. The number of hydrogen-bond acceptors (Lipinski definition) is 4. The third kappa shape index (κ3) is 3.27. The molecule has 0 saturated heterocycles. The fourth-order valence-electron chi connectivity index (χ4n) is 1.32. The molecule has 0 amide bonds. The van der Waals surface area contributed by atoms with Gasteiger partial charge in [0, 0.05) is 26.2 Å². The highest BCUT2D eigenvalue weighted by molar-refractivity contribution is 5.66. The van der Waals surface area contributed by atoms with Crippen LogP contribution in [0.4, 0.5) is 5.69 Å². The molecule has 0 bridgehead atoms. The standard InChI is InChI=1S/C12H18N2O3/c1-14(2)8-13-9-6-10(15-3)12(17-5)11(7-9)16-4/h6-8H,1-5H3. The van der Waals surface area contributed by atoms with Crippen LogP contribution in [0.3, 0.4) is 0 Å². The van der Waals surface area contributed by atoms with Crippen LogP contribution in [0.2, 0.25) is 0 Å². The second-order valence-electron chi connectivity index (χ2n) is 3.59. The average molecular weight is 238 g/mol. The highest BCUT2D eigenvalue weighted by Gasteiger charge is 2.12. The zero-order valence-corrected chi connectivity index (χ0v) is 10.9. The first-order valence-corrected chi connectivity index (χ1v) is 5.13. The topological polar surface area (TPSA) is 43.3 Å². The molecule has 0 radical (unpaired) electrons. The van der Waals surface area contributed by atoms with E-state index >= 15 is 0 Å². The molecule has 0 fully saturated rings. The van der Waals surface area contributed by atoms with Gasteiger partial charge in [-0.3, -0.25) is 0 Å². The Morgan fingerprint density at radius 2 is 1.53 bits per heavy atom. The van der Waals surface area contributed by atoms with E-state index in [1.165, 1.54) is 0 Å². The minimum absolute atomic E-state index is 0.568. The van der Waals surface area contributed by atoms with Gasteiger partial charge in [0.1, 0.15) is 0 Å². The van der Waals surface area contributed by atoms with Crippen LogP contribution < -0.4 is 14.2 Å². The minimum atomic E-state index is 0.568. The van der Waals surface area contributed by atoms with Crippen molar-refractivity contribution >= 4 is 12.0 Å². The summed E-state index contributed by atoms with van der Waals surface area (Å²) in [5, 5.41) is 0. The Morgan fingerprint density at radius 1 is 1.00 bits per heavy atom. The molecule has 0 heterocycles. The van der Waals surface area contributed by atoms with Crippen molar-refractivity contribution < 1.29 is 14.2 Å². The van der Waals surface area contributed by atoms with Crippen molar-refractivity contribution in [3.8, 4) is 17.2 Å². The summed E-state index contributed by atoms with van der Waals surface area (Å²) < 4.78 is 15.7. The van der Waals surface area contributed by atoms with Gasteiger partial charge in [-0.05, 0) is 0 Å². The molecule has 17 heavy (non-hydrogen) atoms. The van der Waals surface area contributed by atoms with Crippen LogP contribution in [-0.2, 0) is 0 Å². The lowest BCUT2D eigenvalue weighted by Gasteiger charge is -2.12. The Labute approximate surface area is 102 Å². The summed E-state index contributed by atoms with van der Waals surface area (Å²) in [6.45, 7) is 0. The molecular formula is C12H18N2O3. The van der Waals surface area contributed by atoms with Gasteiger partial charge in [-0.1, -0.05) is 0 Å². The first-order chi connectivity index (χ1) is 8.12. The van der Waals surface area contributed by atoms with Crippen molar-refractivity contribution in [3.63, 3.8) is 0 Å². The molecule has 0 N–H and O–H groups in total. The molecule has 5 heteroatoms. The summed E-state index contributed by atoms with van der Waals surface area (Å²) in [6.07, 6.45) is 1.71. The number of methoxy groups -OCH3 is 3. The molecule has 94 valence electrons. The van der Waals surface area contributed by atoms with Crippen LogP contribution in [0.25, 0.3) is 0 Å². The first kappa shape index (κ1) is 13.2. The maximum Gasteiger partial charge on any atom is 0.203 e. The lowest BCUT2D eigenvalue weighted by molar-refractivity contribution is 0.324. The second kappa shape index (κ2) is 5.98. The molecule has 1 rings (SSSR count). The lowest BCUT2D eigenvalue weighted by Crippen LogP contribution is -2.07. The number of benzene rings is 1. The van der Waals surface area contributed by atoms with Gasteiger partial charge in [0.2, 0.25) is 5.75 Å². The molecule has 1 aromatic rings. The molecule has 0 aliphatic rings. The van der Waals surface area contributed by atoms with Gasteiger partial charge in [0.15, 0.2) is 11.5 Å². The van der Waals surface area contributed by atoms with E-state index < -0.39 is 0 Å². The summed E-state index contributed by atoms with van der Waals surface area (Å²) in [4.78, 5) is 6.13. The van der Waals surface area contributed by atoms with Crippen LogP contribution in [0.15, 0.2) is 17.1 Å². The van der Waals surface area contributed by atoms with Crippen molar-refractivity contribution in [1.29, 1.82) is 0 Å². The molecular weight excluding hydrogens is 220 g/mol. The summed E-state index contributed by atoms with van der Waals surface area (Å²) >= 11 is 0. The van der Waals surface area contributed by atoms with E-state index in [9.17, 15) is 0 Å². The predicted octanol–water partition coefficient (Wildman–Crippen LogP) is 1.93. The van der Waals surface area contributed by atoms with Gasteiger partial charge in [-0.15, -0.1) is 0 Å². The molecule has 5 nitrogen and oxygen atoms in total. The minimum Gasteiger partial charge on any atom is -0.493 e. The normalized spacial score (nSPS) is 10.4. The van der Waals surface area contributed by atoms with Gasteiger partial charge in [0.25, 0.3) is 0 Å².